The molecule has 0 amide bonds. The summed E-state index contributed by atoms with van der Waals surface area (Å²) < 4.78 is 32.7. The second kappa shape index (κ2) is 10.4. The van der Waals surface area contributed by atoms with Crippen LogP contribution in [0.5, 0.6) is 11.8 Å². The minimum Gasteiger partial charge on any atom is -0.481 e. The van der Waals surface area contributed by atoms with Gasteiger partial charge >= 0.3 is 0 Å². The Hall–Kier alpha value is -2.46. The summed E-state index contributed by atoms with van der Waals surface area (Å²) in [5, 5.41) is 2.09. The molecule has 0 aliphatic heterocycles. The first-order valence-electron chi connectivity index (χ1n) is 9.33. The van der Waals surface area contributed by atoms with E-state index in [0.717, 1.165) is 32.9 Å². The van der Waals surface area contributed by atoms with E-state index in [0.29, 0.717) is 11.8 Å². The molecule has 0 aliphatic rings. The van der Waals surface area contributed by atoms with Gasteiger partial charge in [0.15, 0.2) is 0 Å². The fraction of sp³-hybridized carbons (Fsp3) is 0.182. The quantitative estimate of drug-likeness (QED) is 0.299. The third kappa shape index (κ3) is 5.86. The molecule has 0 unspecified atom stereocenters. The van der Waals surface area contributed by atoms with Crippen molar-refractivity contribution in [3.63, 3.8) is 0 Å². The Bertz CT molecular complexity index is 1280. The topological polar surface area (TPSA) is 78.4 Å². The first kappa shape index (κ1) is 24.2. The second-order valence-corrected chi connectivity index (χ2v) is 11.4. The Morgan fingerprint density at radius 1 is 0.844 bits per heavy atom. The van der Waals surface area contributed by atoms with E-state index in [-0.39, 0.29) is 4.21 Å². The van der Waals surface area contributed by atoms with Crippen LogP contribution in [0.1, 0.15) is 11.1 Å². The lowest BCUT2D eigenvalue weighted by Gasteiger charge is -2.01. The fourth-order valence-corrected chi connectivity index (χ4v) is 6.00. The Balaban J connectivity index is 0.000000186. The zero-order valence-corrected chi connectivity index (χ0v) is 21.0. The number of rotatable bonds is 5. The molecule has 0 radical (unpaired) electrons. The van der Waals surface area contributed by atoms with Gasteiger partial charge in [-0.2, -0.15) is 0 Å². The van der Waals surface area contributed by atoms with Crippen molar-refractivity contribution in [3.05, 3.63) is 65.3 Å². The molecule has 0 saturated carbocycles. The van der Waals surface area contributed by atoms with Gasteiger partial charge in [0.1, 0.15) is 4.21 Å². The third-order valence-electron chi connectivity index (χ3n) is 4.41. The van der Waals surface area contributed by atoms with E-state index >= 15 is 0 Å². The van der Waals surface area contributed by atoms with Crippen LogP contribution < -0.4 is 9.47 Å². The number of aromatic nitrogens is 2. The molecule has 0 fully saturated rings. The number of hydrogen-bond acceptors (Lipinski definition) is 8. The van der Waals surface area contributed by atoms with Crippen molar-refractivity contribution in [1.29, 1.82) is 0 Å². The Morgan fingerprint density at radius 3 is 1.78 bits per heavy atom. The third-order valence-corrected chi connectivity index (χ3v) is 8.84. The fourth-order valence-electron chi connectivity index (χ4n) is 2.80. The smallest absolute Gasteiger partial charge is 0.270 e. The number of aryl methyl sites for hydroxylation is 2. The van der Waals surface area contributed by atoms with E-state index < -0.39 is 9.05 Å². The van der Waals surface area contributed by atoms with Gasteiger partial charge in [0.25, 0.3) is 9.05 Å². The lowest BCUT2D eigenvalue weighted by molar-refractivity contribution is 0.398. The maximum atomic E-state index is 11.3. The lowest BCUT2D eigenvalue weighted by atomic mass is 10.2. The zero-order chi connectivity index (χ0) is 23.3. The molecule has 0 aliphatic carbocycles. The summed E-state index contributed by atoms with van der Waals surface area (Å²) in [4.78, 5) is 10.4. The van der Waals surface area contributed by atoms with Crippen molar-refractivity contribution in [1.82, 2.24) is 9.97 Å². The second-order valence-electron chi connectivity index (χ2n) is 6.63. The van der Waals surface area contributed by atoms with Crippen molar-refractivity contribution in [3.8, 4) is 32.6 Å². The zero-order valence-electron chi connectivity index (χ0n) is 17.8. The van der Waals surface area contributed by atoms with Gasteiger partial charge in [0, 0.05) is 56.1 Å². The number of nitrogens with zero attached hydrogens (tertiary/aromatic N) is 2. The van der Waals surface area contributed by atoms with E-state index in [9.17, 15) is 8.42 Å². The van der Waals surface area contributed by atoms with E-state index in [1.165, 1.54) is 17.6 Å². The first-order valence-corrected chi connectivity index (χ1v) is 13.3. The van der Waals surface area contributed by atoms with E-state index in [1.54, 1.807) is 36.8 Å². The molecule has 4 aromatic rings. The molecular weight excluding hydrogens is 488 g/mol. The van der Waals surface area contributed by atoms with Crippen LogP contribution in [0, 0.1) is 13.8 Å². The van der Waals surface area contributed by atoms with Crippen LogP contribution in [0.2, 0.25) is 0 Å². The average molecular weight is 509 g/mol. The number of methoxy groups -OCH3 is 2. The minimum atomic E-state index is -3.68. The van der Waals surface area contributed by atoms with Gasteiger partial charge in [-0.3, -0.25) is 0 Å². The molecule has 0 bridgehead atoms. The van der Waals surface area contributed by atoms with Crippen molar-refractivity contribution in [2.75, 3.05) is 14.2 Å². The van der Waals surface area contributed by atoms with Crippen LogP contribution in [-0.4, -0.2) is 32.6 Å². The molecule has 4 rings (SSSR count). The SMILES string of the molecule is COc1ccc(-c2sc(S(=O)(=O)Cl)cc2C)cn1.COc1ccc(-c2sccc2C)cn1. The van der Waals surface area contributed by atoms with Gasteiger partial charge in [-0.25, -0.2) is 18.4 Å². The highest BCUT2D eigenvalue weighted by Crippen LogP contribution is 2.36. The summed E-state index contributed by atoms with van der Waals surface area (Å²) >= 11 is 2.87. The molecule has 0 atom stereocenters. The number of ether oxygens (including phenoxy) is 2. The van der Waals surface area contributed by atoms with Crippen molar-refractivity contribution >= 4 is 42.4 Å². The van der Waals surface area contributed by atoms with Crippen LogP contribution in [0.25, 0.3) is 20.9 Å². The summed E-state index contributed by atoms with van der Waals surface area (Å²) in [5.74, 6) is 1.17. The molecule has 4 aromatic heterocycles. The molecule has 0 spiro atoms. The Kier molecular flexibility index (Phi) is 7.89. The minimum absolute atomic E-state index is 0.146. The maximum Gasteiger partial charge on any atom is 0.270 e. The van der Waals surface area contributed by atoms with Gasteiger partial charge in [-0.1, -0.05) is 0 Å². The summed E-state index contributed by atoms with van der Waals surface area (Å²) in [6.45, 7) is 3.94. The van der Waals surface area contributed by atoms with Crippen molar-refractivity contribution in [2.24, 2.45) is 0 Å². The molecule has 10 heteroatoms. The molecule has 6 nitrogen and oxygen atoms in total. The Labute approximate surface area is 199 Å². The summed E-state index contributed by atoms with van der Waals surface area (Å²) in [5.41, 5.74) is 4.14. The largest absolute Gasteiger partial charge is 0.481 e. The summed E-state index contributed by atoms with van der Waals surface area (Å²) in [6.07, 6.45) is 3.49. The van der Waals surface area contributed by atoms with Crippen molar-refractivity contribution in [2.45, 2.75) is 18.1 Å². The van der Waals surface area contributed by atoms with E-state index in [1.807, 2.05) is 31.3 Å². The average Bonchev–Trinajstić information content (AvgIpc) is 3.40. The molecule has 0 saturated heterocycles. The van der Waals surface area contributed by atoms with E-state index in [4.69, 9.17) is 20.2 Å². The predicted molar refractivity (Wildman–Crippen MR) is 131 cm³/mol. The first-order chi connectivity index (χ1) is 15.2. The van der Waals surface area contributed by atoms with Gasteiger partial charge in [0.05, 0.1) is 14.2 Å². The number of thiophene rings is 2. The Morgan fingerprint density at radius 2 is 1.41 bits per heavy atom. The molecule has 32 heavy (non-hydrogen) atoms. The number of halogens is 1. The standard InChI is InChI=1S/C11H10ClNO3S2.C11H11NOS/c1-7-5-10(18(12,14)15)17-11(7)8-3-4-9(16-2)13-6-8;1-8-5-6-14-11(8)9-3-4-10(13-2)12-7-9/h3-6H,1-2H3;3-7H,1-2H3. The molecule has 4 heterocycles. The van der Waals surface area contributed by atoms with Crippen LogP contribution in [0.4, 0.5) is 0 Å². The lowest BCUT2D eigenvalue weighted by Crippen LogP contribution is -1.86. The molecule has 0 aromatic carbocycles. The molecule has 168 valence electrons. The van der Waals surface area contributed by atoms with Gasteiger partial charge in [-0.05, 0) is 54.6 Å². The highest BCUT2D eigenvalue weighted by molar-refractivity contribution is 8.15. The van der Waals surface area contributed by atoms with E-state index in [2.05, 4.69) is 28.3 Å². The highest BCUT2D eigenvalue weighted by atomic mass is 35.7. The van der Waals surface area contributed by atoms with Crippen LogP contribution >= 0.6 is 33.4 Å². The number of hydrogen-bond donors (Lipinski definition) is 0. The monoisotopic (exact) mass is 508 g/mol. The van der Waals surface area contributed by atoms with Crippen LogP contribution in [0.3, 0.4) is 0 Å². The van der Waals surface area contributed by atoms with Crippen molar-refractivity contribution < 1.29 is 17.9 Å². The number of pyridine rings is 2. The van der Waals surface area contributed by atoms with Crippen LogP contribution in [0.15, 0.2) is 58.4 Å². The van der Waals surface area contributed by atoms with Crippen LogP contribution in [-0.2, 0) is 9.05 Å². The summed E-state index contributed by atoms with van der Waals surface area (Å²) in [6, 6.07) is 11.1. The molecular formula is C22H21ClN2O4S3. The highest BCUT2D eigenvalue weighted by Gasteiger charge is 2.17. The normalized spacial score (nSPS) is 10.9. The van der Waals surface area contributed by atoms with Gasteiger partial charge in [-0.15, -0.1) is 22.7 Å². The predicted octanol–water partition coefficient (Wildman–Crippen LogP) is 6.18. The molecule has 0 N–H and O–H groups in total. The van der Waals surface area contributed by atoms with Gasteiger partial charge < -0.3 is 9.47 Å². The van der Waals surface area contributed by atoms with Gasteiger partial charge in [0.2, 0.25) is 11.8 Å². The summed E-state index contributed by atoms with van der Waals surface area (Å²) in [7, 11) is 4.81. The maximum absolute atomic E-state index is 11.3.